The second-order valence-corrected chi connectivity index (χ2v) is 6.94. The van der Waals surface area contributed by atoms with E-state index >= 15 is 0 Å². The van der Waals surface area contributed by atoms with Crippen LogP contribution < -0.4 is 4.74 Å². The fourth-order valence-electron chi connectivity index (χ4n) is 3.77. The van der Waals surface area contributed by atoms with Crippen molar-refractivity contribution in [3.63, 3.8) is 0 Å². The first-order valence-corrected chi connectivity index (χ1v) is 9.14. The Morgan fingerprint density at radius 1 is 0.852 bits per heavy atom. The maximum absolute atomic E-state index is 12.9. The molecule has 0 spiro atoms. The fraction of sp³-hybridized carbons (Fsp3) is 0.217. The molecule has 0 saturated heterocycles. The molecule has 0 radical (unpaired) electrons. The number of aliphatic carboxylic acids is 1. The molecule has 3 aromatic rings. The van der Waals surface area contributed by atoms with Gasteiger partial charge in [0.15, 0.2) is 5.78 Å². The number of rotatable bonds is 5. The molecule has 0 aromatic heterocycles. The number of hydrogen-bond donors (Lipinski definition) is 1. The van der Waals surface area contributed by atoms with Gasteiger partial charge in [0, 0.05) is 16.5 Å². The number of ketones is 1. The third-order valence-corrected chi connectivity index (χ3v) is 5.19. The highest BCUT2D eigenvalue weighted by Crippen LogP contribution is 2.34. The van der Waals surface area contributed by atoms with E-state index in [9.17, 15) is 14.7 Å². The highest BCUT2D eigenvalue weighted by molar-refractivity contribution is 6.17. The molecule has 136 valence electrons. The molecule has 0 amide bonds. The monoisotopic (exact) mass is 360 g/mol. The van der Waals surface area contributed by atoms with Crippen LogP contribution >= 0.6 is 0 Å². The SMILES string of the molecule is O=C(c1ccccc1)c1ccc(O[C@H]2CC[C@H](C(=O)O)C2)c2ccccc12. The van der Waals surface area contributed by atoms with E-state index in [0.717, 1.165) is 17.2 Å². The third-order valence-electron chi connectivity index (χ3n) is 5.19. The van der Waals surface area contributed by atoms with Gasteiger partial charge in [0.05, 0.1) is 12.0 Å². The van der Waals surface area contributed by atoms with E-state index in [-0.39, 0.29) is 17.8 Å². The molecule has 1 fully saturated rings. The summed E-state index contributed by atoms with van der Waals surface area (Å²) in [5, 5.41) is 10.9. The molecule has 1 aliphatic carbocycles. The van der Waals surface area contributed by atoms with E-state index in [1.807, 2.05) is 60.7 Å². The summed E-state index contributed by atoms with van der Waals surface area (Å²) in [6, 6.07) is 20.5. The Hall–Kier alpha value is -3.14. The molecule has 3 aromatic carbocycles. The van der Waals surface area contributed by atoms with Gasteiger partial charge in [0.25, 0.3) is 0 Å². The highest BCUT2D eigenvalue weighted by atomic mass is 16.5. The van der Waals surface area contributed by atoms with Gasteiger partial charge in [-0.1, -0.05) is 54.6 Å². The van der Waals surface area contributed by atoms with Crippen LogP contribution in [0.4, 0.5) is 0 Å². The molecule has 1 saturated carbocycles. The number of hydrogen-bond acceptors (Lipinski definition) is 3. The average molecular weight is 360 g/mol. The normalized spacial score (nSPS) is 19.1. The van der Waals surface area contributed by atoms with Crippen LogP contribution in [0.5, 0.6) is 5.75 Å². The van der Waals surface area contributed by atoms with Gasteiger partial charge in [-0.2, -0.15) is 0 Å². The van der Waals surface area contributed by atoms with Crippen LogP contribution in [0.3, 0.4) is 0 Å². The van der Waals surface area contributed by atoms with Crippen molar-refractivity contribution in [1.29, 1.82) is 0 Å². The number of carboxylic acids is 1. The molecule has 0 aliphatic heterocycles. The summed E-state index contributed by atoms with van der Waals surface area (Å²) in [4.78, 5) is 24.1. The van der Waals surface area contributed by atoms with Crippen LogP contribution in [0.15, 0.2) is 66.7 Å². The Labute approximate surface area is 157 Å². The first-order chi connectivity index (χ1) is 13.1. The number of benzene rings is 3. The predicted molar refractivity (Wildman–Crippen MR) is 103 cm³/mol. The molecule has 0 bridgehead atoms. The Kier molecular flexibility index (Phi) is 4.63. The lowest BCUT2D eigenvalue weighted by atomic mass is 9.96. The molecule has 27 heavy (non-hydrogen) atoms. The van der Waals surface area contributed by atoms with Gasteiger partial charge >= 0.3 is 5.97 Å². The standard InChI is InChI=1S/C23H20O4/c24-22(15-6-2-1-3-7-15)20-12-13-21(19-9-5-4-8-18(19)20)27-17-11-10-16(14-17)23(25)26/h1-9,12-13,16-17H,10-11,14H2,(H,25,26)/t16-,17-/m0/s1. The van der Waals surface area contributed by atoms with Gasteiger partial charge < -0.3 is 9.84 Å². The number of carbonyl (C=O) groups is 2. The highest BCUT2D eigenvalue weighted by Gasteiger charge is 2.31. The average Bonchev–Trinajstić information content (AvgIpc) is 3.17. The summed E-state index contributed by atoms with van der Waals surface area (Å²) in [7, 11) is 0. The number of fused-ring (bicyclic) bond motifs is 1. The summed E-state index contributed by atoms with van der Waals surface area (Å²) < 4.78 is 6.13. The van der Waals surface area contributed by atoms with E-state index in [1.165, 1.54) is 0 Å². The van der Waals surface area contributed by atoms with E-state index < -0.39 is 5.97 Å². The lowest BCUT2D eigenvalue weighted by Gasteiger charge is -2.17. The summed E-state index contributed by atoms with van der Waals surface area (Å²) in [5.41, 5.74) is 1.29. The minimum Gasteiger partial charge on any atom is -0.490 e. The molecule has 0 heterocycles. The molecule has 1 aliphatic rings. The molecule has 4 rings (SSSR count). The predicted octanol–water partition coefficient (Wildman–Crippen LogP) is 4.70. The maximum atomic E-state index is 12.9. The largest absolute Gasteiger partial charge is 0.490 e. The summed E-state index contributed by atoms with van der Waals surface area (Å²) >= 11 is 0. The second-order valence-electron chi connectivity index (χ2n) is 6.94. The second kappa shape index (κ2) is 7.23. The number of ether oxygens (including phenoxy) is 1. The Morgan fingerprint density at radius 3 is 2.26 bits per heavy atom. The molecular formula is C23H20O4. The van der Waals surface area contributed by atoms with Crippen molar-refractivity contribution in [3.05, 3.63) is 77.9 Å². The summed E-state index contributed by atoms with van der Waals surface area (Å²) in [5.74, 6) is -0.411. The summed E-state index contributed by atoms with van der Waals surface area (Å²) in [6.45, 7) is 0. The first-order valence-electron chi connectivity index (χ1n) is 9.14. The van der Waals surface area contributed by atoms with Crippen LogP contribution in [0.1, 0.15) is 35.2 Å². The molecular weight excluding hydrogens is 340 g/mol. The van der Waals surface area contributed by atoms with E-state index in [1.54, 1.807) is 6.07 Å². The van der Waals surface area contributed by atoms with Crippen LogP contribution in [-0.4, -0.2) is 23.0 Å². The topological polar surface area (TPSA) is 63.6 Å². The fourth-order valence-corrected chi connectivity index (χ4v) is 3.77. The minimum atomic E-state index is -0.755. The zero-order chi connectivity index (χ0) is 18.8. The van der Waals surface area contributed by atoms with Crippen LogP contribution in [0, 0.1) is 5.92 Å². The van der Waals surface area contributed by atoms with Crippen molar-refractivity contribution in [2.45, 2.75) is 25.4 Å². The Balaban J connectivity index is 1.67. The lowest BCUT2D eigenvalue weighted by molar-refractivity contribution is -0.141. The van der Waals surface area contributed by atoms with Crippen molar-refractivity contribution < 1.29 is 19.4 Å². The number of carboxylic acid groups (broad SMARTS) is 1. The minimum absolute atomic E-state index is 0.0230. The van der Waals surface area contributed by atoms with Crippen LogP contribution in [0.25, 0.3) is 10.8 Å². The smallest absolute Gasteiger partial charge is 0.306 e. The first kappa shape index (κ1) is 17.3. The van der Waals surface area contributed by atoms with Gasteiger partial charge in [0.1, 0.15) is 5.75 Å². The molecule has 4 nitrogen and oxygen atoms in total. The van der Waals surface area contributed by atoms with Crippen molar-refractivity contribution in [1.82, 2.24) is 0 Å². The summed E-state index contributed by atoms with van der Waals surface area (Å²) in [6.07, 6.45) is 1.79. The van der Waals surface area contributed by atoms with Crippen molar-refractivity contribution >= 4 is 22.5 Å². The Bertz CT molecular complexity index is 994. The zero-order valence-electron chi connectivity index (χ0n) is 14.8. The van der Waals surface area contributed by atoms with Gasteiger partial charge in [-0.25, -0.2) is 0 Å². The lowest BCUT2D eigenvalue weighted by Crippen LogP contribution is -2.15. The molecule has 2 atom stereocenters. The third kappa shape index (κ3) is 3.43. The van der Waals surface area contributed by atoms with Crippen molar-refractivity contribution in [2.24, 2.45) is 5.92 Å². The van der Waals surface area contributed by atoms with E-state index in [0.29, 0.717) is 29.7 Å². The Morgan fingerprint density at radius 2 is 1.56 bits per heavy atom. The molecule has 4 heteroatoms. The van der Waals surface area contributed by atoms with Gasteiger partial charge in [-0.3, -0.25) is 9.59 Å². The van der Waals surface area contributed by atoms with Crippen molar-refractivity contribution in [2.75, 3.05) is 0 Å². The van der Waals surface area contributed by atoms with Crippen LogP contribution in [-0.2, 0) is 4.79 Å². The van der Waals surface area contributed by atoms with Crippen LogP contribution in [0.2, 0.25) is 0 Å². The molecule has 1 N–H and O–H groups in total. The van der Waals surface area contributed by atoms with E-state index in [2.05, 4.69) is 0 Å². The maximum Gasteiger partial charge on any atom is 0.306 e. The van der Waals surface area contributed by atoms with E-state index in [4.69, 9.17) is 4.74 Å². The van der Waals surface area contributed by atoms with Crippen molar-refractivity contribution in [3.8, 4) is 5.75 Å². The van der Waals surface area contributed by atoms with Gasteiger partial charge in [-0.15, -0.1) is 0 Å². The number of carbonyl (C=O) groups excluding carboxylic acids is 1. The quantitative estimate of drug-likeness (QED) is 0.670. The van der Waals surface area contributed by atoms with Gasteiger partial charge in [0.2, 0.25) is 0 Å². The molecule has 0 unspecified atom stereocenters. The zero-order valence-corrected chi connectivity index (χ0v) is 14.8. The van der Waals surface area contributed by atoms with Gasteiger partial charge in [-0.05, 0) is 36.8 Å².